The molecule has 1 atom stereocenters. The van der Waals surface area contributed by atoms with Crippen LogP contribution in [0.3, 0.4) is 0 Å². The first-order chi connectivity index (χ1) is 8.37. The third kappa shape index (κ3) is 3.99. The van der Waals surface area contributed by atoms with Crippen LogP contribution in [0.4, 0.5) is 0 Å². The van der Waals surface area contributed by atoms with Crippen molar-refractivity contribution >= 4 is 5.78 Å². The number of nitrogens with two attached hydrogens (primary N) is 1. The number of Topliss-reactive ketones (excluding diaryl/α,β-unsaturated/α-hetero) is 1. The molecule has 0 spiro atoms. The summed E-state index contributed by atoms with van der Waals surface area (Å²) in [5, 5.41) is 15.6. The zero-order valence-electron chi connectivity index (χ0n) is 11.5. The Kier molecular flexibility index (Phi) is 5.16. The number of carbonyl (C=O) groups is 1. The summed E-state index contributed by atoms with van der Waals surface area (Å²) in [6, 6.07) is 0. The average Bonchev–Trinajstić information content (AvgIpc) is 2.29. The summed E-state index contributed by atoms with van der Waals surface area (Å²) in [4.78, 5) is 11.5. The molecule has 0 aromatic carbocycles. The molecule has 0 heterocycles. The van der Waals surface area contributed by atoms with Gasteiger partial charge in [-0.1, -0.05) is 20.8 Å². The van der Waals surface area contributed by atoms with Crippen molar-refractivity contribution in [2.45, 2.75) is 39.7 Å². The van der Waals surface area contributed by atoms with E-state index in [1.807, 2.05) is 0 Å². The van der Waals surface area contributed by atoms with Crippen molar-refractivity contribution in [2.24, 2.45) is 11.1 Å². The fourth-order valence-corrected chi connectivity index (χ4v) is 1.87. The molecule has 0 bridgehead atoms. The second-order valence-electron chi connectivity index (χ2n) is 5.86. The molecule has 1 aliphatic rings. The molecule has 5 N–H and O–H groups in total. The van der Waals surface area contributed by atoms with Crippen molar-refractivity contribution in [2.75, 3.05) is 19.6 Å². The van der Waals surface area contributed by atoms with Gasteiger partial charge in [-0.3, -0.25) is 4.79 Å². The van der Waals surface area contributed by atoms with Gasteiger partial charge in [0.15, 0.2) is 6.10 Å². The van der Waals surface area contributed by atoms with E-state index in [1.165, 1.54) is 0 Å². The SMILES string of the molecule is CC(C)(C)CCCNC1=C(NCCN)C(O)C1=O. The number of hydrogen-bond donors (Lipinski definition) is 4. The van der Waals surface area contributed by atoms with Crippen LogP contribution in [0.5, 0.6) is 0 Å². The summed E-state index contributed by atoms with van der Waals surface area (Å²) in [5.74, 6) is -0.231. The highest BCUT2D eigenvalue weighted by atomic mass is 16.3. The molecule has 1 rings (SSSR count). The van der Waals surface area contributed by atoms with E-state index < -0.39 is 6.10 Å². The zero-order chi connectivity index (χ0) is 13.8. The Bertz CT molecular complexity index is 332. The van der Waals surface area contributed by atoms with E-state index in [9.17, 15) is 9.90 Å². The quantitative estimate of drug-likeness (QED) is 0.485. The first-order valence-corrected chi connectivity index (χ1v) is 6.51. The summed E-state index contributed by atoms with van der Waals surface area (Å²) in [6.45, 7) is 8.36. The molecule has 0 fully saturated rings. The van der Waals surface area contributed by atoms with Crippen LogP contribution in [0.1, 0.15) is 33.6 Å². The number of aliphatic hydroxyl groups excluding tert-OH is 1. The molecule has 0 radical (unpaired) electrons. The molecule has 18 heavy (non-hydrogen) atoms. The molecule has 0 aromatic heterocycles. The standard InChI is InChI=1S/C13H25N3O2/c1-13(2,3)5-4-7-15-9-10(16-8-6-14)12(18)11(9)17/h12,15-16,18H,4-8,14H2,1-3H3. The van der Waals surface area contributed by atoms with Crippen molar-refractivity contribution in [3.63, 3.8) is 0 Å². The molecule has 104 valence electrons. The lowest BCUT2D eigenvalue weighted by Crippen LogP contribution is -2.49. The van der Waals surface area contributed by atoms with Crippen molar-refractivity contribution in [1.29, 1.82) is 0 Å². The van der Waals surface area contributed by atoms with E-state index in [0.717, 1.165) is 19.4 Å². The molecule has 0 aromatic rings. The predicted octanol–water partition coefficient (Wildman–Crippen LogP) is 0.106. The summed E-state index contributed by atoms with van der Waals surface area (Å²) < 4.78 is 0. The first kappa shape index (κ1) is 15.0. The fourth-order valence-electron chi connectivity index (χ4n) is 1.87. The van der Waals surface area contributed by atoms with Gasteiger partial charge in [0.05, 0.1) is 5.70 Å². The van der Waals surface area contributed by atoms with E-state index in [-0.39, 0.29) is 5.78 Å². The Morgan fingerprint density at radius 1 is 1.28 bits per heavy atom. The van der Waals surface area contributed by atoms with Gasteiger partial charge < -0.3 is 21.5 Å². The maximum absolute atomic E-state index is 11.5. The van der Waals surface area contributed by atoms with Crippen LogP contribution in [-0.4, -0.2) is 36.6 Å². The normalized spacial score (nSPS) is 19.8. The van der Waals surface area contributed by atoms with E-state index in [4.69, 9.17) is 5.73 Å². The largest absolute Gasteiger partial charge is 0.383 e. The minimum absolute atomic E-state index is 0.231. The van der Waals surface area contributed by atoms with Crippen LogP contribution in [-0.2, 0) is 4.79 Å². The molecule has 0 saturated heterocycles. The molecule has 1 unspecified atom stereocenters. The molecular weight excluding hydrogens is 230 g/mol. The number of rotatable bonds is 7. The second kappa shape index (κ2) is 6.20. The van der Waals surface area contributed by atoms with Crippen LogP contribution in [0.15, 0.2) is 11.4 Å². The monoisotopic (exact) mass is 255 g/mol. The fraction of sp³-hybridized carbons (Fsp3) is 0.769. The number of nitrogens with one attached hydrogen (secondary N) is 2. The molecule has 0 saturated carbocycles. The minimum atomic E-state index is -0.998. The Labute approximate surface area is 109 Å². The lowest BCUT2D eigenvalue weighted by Gasteiger charge is -2.29. The number of carbonyl (C=O) groups excluding carboxylic acids is 1. The third-order valence-corrected chi connectivity index (χ3v) is 2.90. The zero-order valence-corrected chi connectivity index (χ0v) is 11.5. The topological polar surface area (TPSA) is 87.4 Å². The van der Waals surface area contributed by atoms with Gasteiger partial charge in [-0.15, -0.1) is 0 Å². The van der Waals surface area contributed by atoms with Gasteiger partial charge in [0.1, 0.15) is 5.70 Å². The first-order valence-electron chi connectivity index (χ1n) is 6.51. The van der Waals surface area contributed by atoms with Gasteiger partial charge in [-0.2, -0.15) is 0 Å². The molecule has 0 amide bonds. The second-order valence-corrected chi connectivity index (χ2v) is 5.86. The van der Waals surface area contributed by atoms with Crippen LogP contribution in [0.25, 0.3) is 0 Å². The van der Waals surface area contributed by atoms with Crippen LogP contribution < -0.4 is 16.4 Å². The molecule has 5 heteroatoms. The summed E-state index contributed by atoms with van der Waals surface area (Å²) >= 11 is 0. The highest BCUT2D eigenvalue weighted by Gasteiger charge is 2.37. The van der Waals surface area contributed by atoms with Gasteiger partial charge in [0.25, 0.3) is 0 Å². The minimum Gasteiger partial charge on any atom is -0.383 e. The van der Waals surface area contributed by atoms with Crippen LogP contribution >= 0.6 is 0 Å². The maximum Gasteiger partial charge on any atom is 0.215 e. The van der Waals surface area contributed by atoms with Crippen LogP contribution in [0, 0.1) is 5.41 Å². The maximum atomic E-state index is 11.5. The number of ketones is 1. The van der Waals surface area contributed by atoms with Gasteiger partial charge in [-0.25, -0.2) is 0 Å². The smallest absolute Gasteiger partial charge is 0.215 e. The molecular formula is C13H25N3O2. The van der Waals surface area contributed by atoms with Gasteiger partial charge >= 0.3 is 0 Å². The van der Waals surface area contributed by atoms with Gasteiger partial charge in [0, 0.05) is 19.6 Å². The molecule has 1 aliphatic carbocycles. The lowest BCUT2D eigenvalue weighted by atomic mass is 9.90. The number of aliphatic hydroxyl groups is 1. The van der Waals surface area contributed by atoms with Crippen molar-refractivity contribution in [3.8, 4) is 0 Å². The average molecular weight is 255 g/mol. The summed E-state index contributed by atoms with van der Waals surface area (Å²) in [7, 11) is 0. The van der Waals surface area contributed by atoms with Crippen LogP contribution in [0.2, 0.25) is 0 Å². The van der Waals surface area contributed by atoms with Crippen molar-refractivity contribution < 1.29 is 9.90 Å². The van der Waals surface area contributed by atoms with Gasteiger partial charge in [0.2, 0.25) is 5.78 Å². The Balaban J connectivity index is 2.39. The highest BCUT2D eigenvalue weighted by molar-refractivity contribution is 6.07. The Morgan fingerprint density at radius 3 is 2.50 bits per heavy atom. The van der Waals surface area contributed by atoms with Crippen molar-refractivity contribution in [3.05, 3.63) is 11.4 Å². The Morgan fingerprint density at radius 2 is 1.94 bits per heavy atom. The lowest BCUT2D eigenvalue weighted by molar-refractivity contribution is -0.125. The van der Waals surface area contributed by atoms with Gasteiger partial charge in [-0.05, 0) is 18.3 Å². The predicted molar refractivity (Wildman–Crippen MR) is 71.8 cm³/mol. The van der Waals surface area contributed by atoms with Crippen molar-refractivity contribution in [1.82, 2.24) is 10.6 Å². The Hall–Kier alpha value is -1.07. The number of hydrogen-bond acceptors (Lipinski definition) is 5. The highest BCUT2D eigenvalue weighted by Crippen LogP contribution is 2.22. The summed E-state index contributed by atoms with van der Waals surface area (Å²) in [5.41, 5.74) is 6.79. The molecule has 0 aliphatic heterocycles. The van der Waals surface area contributed by atoms with E-state index in [0.29, 0.717) is 29.9 Å². The van der Waals surface area contributed by atoms with E-state index >= 15 is 0 Å². The van der Waals surface area contributed by atoms with E-state index in [2.05, 4.69) is 31.4 Å². The summed E-state index contributed by atoms with van der Waals surface area (Å²) in [6.07, 6.45) is 1.09. The van der Waals surface area contributed by atoms with E-state index in [1.54, 1.807) is 0 Å². The third-order valence-electron chi connectivity index (χ3n) is 2.90. The molecule has 5 nitrogen and oxygen atoms in total.